The Kier molecular flexibility index (Phi) is 4.81. The molecular weight excluding hydrogens is 275 g/mol. The van der Waals surface area contributed by atoms with Crippen LogP contribution >= 0.6 is 27.5 Å². The summed E-state index contributed by atoms with van der Waals surface area (Å²) in [5, 5.41) is 0.654. The summed E-state index contributed by atoms with van der Waals surface area (Å²) in [5.41, 5.74) is 0.908. The van der Waals surface area contributed by atoms with Crippen LogP contribution in [0.2, 0.25) is 5.02 Å². The highest BCUT2D eigenvalue weighted by molar-refractivity contribution is 9.10. The molecule has 3 heteroatoms. The molecule has 1 rings (SSSR count). The Balaban J connectivity index is 2.68. The molecule has 0 radical (unpaired) electrons. The molecule has 0 N–H and O–H groups in total. The van der Waals surface area contributed by atoms with Crippen molar-refractivity contribution in [1.29, 1.82) is 0 Å². The van der Waals surface area contributed by atoms with Crippen LogP contribution in [-0.4, -0.2) is 5.78 Å². The van der Waals surface area contributed by atoms with Gasteiger partial charge in [-0.05, 0) is 23.6 Å². The highest BCUT2D eigenvalue weighted by Gasteiger charge is 2.09. The first kappa shape index (κ1) is 12.7. The number of rotatable bonds is 4. The predicted octanol–water partition coefficient (Wildman–Crippen LogP) is 4.26. The number of halogens is 2. The summed E-state index contributed by atoms with van der Waals surface area (Å²) in [6.07, 6.45) is 1.05. The Hall–Kier alpha value is -0.340. The fourth-order valence-corrected chi connectivity index (χ4v) is 2.15. The van der Waals surface area contributed by atoms with E-state index in [-0.39, 0.29) is 5.78 Å². The Morgan fingerprint density at radius 1 is 1.47 bits per heavy atom. The molecule has 0 spiro atoms. The third-order valence-corrected chi connectivity index (χ3v) is 2.88. The van der Waals surface area contributed by atoms with Crippen molar-refractivity contribution >= 4 is 33.3 Å². The average Bonchev–Trinajstić information content (AvgIpc) is 2.08. The van der Waals surface area contributed by atoms with Gasteiger partial charge in [-0.1, -0.05) is 47.4 Å². The molecule has 1 aromatic carbocycles. The quantitative estimate of drug-likeness (QED) is 0.809. The third-order valence-electron chi connectivity index (χ3n) is 2.04. The SMILES string of the molecule is CC(C)CC(=O)Cc1ccc(Br)cc1Cl. The number of hydrogen-bond donors (Lipinski definition) is 0. The molecule has 0 unspecified atom stereocenters. The molecule has 15 heavy (non-hydrogen) atoms. The van der Waals surface area contributed by atoms with Crippen molar-refractivity contribution in [3.8, 4) is 0 Å². The highest BCUT2D eigenvalue weighted by atomic mass is 79.9. The molecule has 0 saturated carbocycles. The molecule has 0 saturated heterocycles. The molecule has 0 aliphatic rings. The van der Waals surface area contributed by atoms with E-state index in [2.05, 4.69) is 15.9 Å². The first-order valence-corrected chi connectivity index (χ1v) is 6.11. The molecule has 0 atom stereocenters. The summed E-state index contributed by atoms with van der Waals surface area (Å²) in [7, 11) is 0. The van der Waals surface area contributed by atoms with E-state index in [0.717, 1.165) is 10.0 Å². The molecule has 0 aliphatic heterocycles. The normalized spacial score (nSPS) is 10.7. The maximum atomic E-state index is 11.6. The molecule has 0 aromatic heterocycles. The number of ketones is 1. The van der Waals surface area contributed by atoms with E-state index in [9.17, 15) is 4.79 Å². The lowest BCUT2D eigenvalue weighted by molar-refractivity contribution is -0.119. The molecule has 1 nitrogen and oxygen atoms in total. The van der Waals surface area contributed by atoms with Crippen LogP contribution in [0.3, 0.4) is 0 Å². The van der Waals surface area contributed by atoms with Crippen LogP contribution < -0.4 is 0 Å². The molecule has 1 aromatic rings. The minimum Gasteiger partial charge on any atom is -0.299 e. The van der Waals surface area contributed by atoms with E-state index in [1.54, 1.807) is 0 Å². The molecule has 0 aliphatic carbocycles. The number of hydrogen-bond acceptors (Lipinski definition) is 1. The second-order valence-electron chi connectivity index (χ2n) is 4.05. The minimum atomic E-state index is 0.245. The summed E-state index contributed by atoms with van der Waals surface area (Å²) >= 11 is 9.36. The van der Waals surface area contributed by atoms with Gasteiger partial charge in [0.15, 0.2) is 0 Å². The van der Waals surface area contributed by atoms with E-state index in [1.807, 2.05) is 32.0 Å². The van der Waals surface area contributed by atoms with Gasteiger partial charge in [0.25, 0.3) is 0 Å². The van der Waals surface area contributed by atoms with Crippen LogP contribution in [-0.2, 0) is 11.2 Å². The molecule has 0 heterocycles. The predicted molar refractivity (Wildman–Crippen MR) is 67.3 cm³/mol. The Morgan fingerprint density at radius 2 is 2.13 bits per heavy atom. The molecule has 82 valence electrons. The second kappa shape index (κ2) is 5.66. The van der Waals surface area contributed by atoms with Gasteiger partial charge in [0.2, 0.25) is 0 Å². The summed E-state index contributed by atoms with van der Waals surface area (Å²) in [6.45, 7) is 4.09. The minimum absolute atomic E-state index is 0.245. The number of carbonyl (C=O) groups excluding carboxylic acids is 1. The zero-order chi connectivity index (χ0) is 11.4. The van der Waals surface area contributed by atoms with Gasteiger partial charge in [-0.3, -0.25) is 4.79 Å². The van der Waals surface area contributed by atoms with Crippen molar-refractivity contribution in [2.75, 3.05) is 0 Å². The molecule has 0 amide bonds. The van der Waals surface area contributed by atoms with Crippen molar-refractivity contribution in [2.24, 2.45) is 5.92 Å². The fourth-order valence-electron chi connectivity index (χ4n) is 1.40. The highest BCUT2D eigenvalue weighted by Crippen LogP contribution is 2.22. The van der Waals surface area contributed by atoms with E-state index < -0.39 is 0 Å². The van der Waals surface area contributed by atoms with Gasteiger partial charge < -0.3 is 0 Å². The van der Waals surface area contributed by atoms with Crippen LogP contribution in [0.25, 0.3) is 0 Å². The first-order valence-electron chi connectivity index (χ1n) is 4.94. The van der Waals surface area contributed by atoms with Gasteiger partial charge in [0.05, 0.1) is 0 Å². The topological polar surface area (TPSA) is 17.1 Å². The van der Waals surface area contributed by atoms with E-state index in [0.29, 0.717) is 23.8 Å². The fraction of sp³-hybridized carbons (Fsp3) is 0.417. The zero-order valence-electron chi connectivity index (χ0n) is 8.89. The Labute approximate surface area is 104 Å². The number of Topliss-reactive ketones (excluding diaryl/α,β-unsaturated/α-hetero) is 1. The smallest absolute Gasteiger partial charge is 0.137 e. The average molecular weight is 290 g/mol. The van der Waals surface area contributed by atoms with Crippen LogP contribution in [0, 0.1) is 5.92 Å². The van der Waals surface area contributed by atoms with Crippen molar-refractivity contribution in [2.45, 2.75) is 26.7 Å². The molecule has 0 fully saturated rings. The van der Waals surface area contributed by atoms with E-state index >= 15 is 0 Å². The lowest BCUT2D eigenvalue weighted by atomic mass is 10.0. The zero-order valence-corrected chi connectivity index (χ0v) is 11.2. The van der Waals surface area contributed by atoms with Gasteiger partial charge in [0, 0.05) is 22.3 Å². The third kappa shape index (κ3) is 4.35. The van der Waals surface area contributed by atoms with Crippen LogP contribution in [0.15, 0.2) is 22.7 Å². The summed E-state index contributed by atoms with van der Waals surface area (Å²) in [6, 6.07) is 5.62. The lowest BCUT2D eigenvalue weighted by Gasteiger charge is -2.06. The van der Waals surface area contributed by atoms with Crippen molar-refractivity contribution in [3.63, 3.8) is 0 Å². The van der Waals surface area contributed by atoms with E-state index in [1.165, 1.54) is 0 Å². The van der Waals surface area contributed by atoms with Crippen molar-refractivity contribution in [1.82, 2.24) is 0 Å². The van der Waals surface area contributed by atoms with E-state index in [4.69, 9.17) is 11.6 Å². The maximum Gasteiger partial charge on any atom is 0.137 e. The monoisotopic (exact) mass is 288 g/mol. The second-order valence-corrected chi connectivity index (χ2v) is 5.37. The molecular formula is C12H14BrClO. The Morgan fingerprint density at radius 3 is 2.67 bits per heavy atom. The number of benzene rings is 1. The van der Waals surface area contributed by atoms with Crippen LogP contribution in [0.5, 0.6) is 0 Å². The van der Waals surface area contributed by atoms with Crippen molar-refractivity contribution < 1.29 is 4.79 Å². The van der Waals surface area contributed by atoms with Crippen LogP contribution in [0.4, 0.5) is 0 Å². The summed E-state index contributed by atoms with van der Waals surface area (Å²) in [5.74, 6) is 0.654. The number of carbonyl (C=O) groups is 1. The van der Waals surface area contributed by atoms with Gasteiger partial charge >= 0.3 is 0 Å². The van der Waals surface area contributed by atoms with Gasteiger partial charge in [-0.2, -0.15) is 0 Å². The molecule has 0 bridgehead atoms. The summed E-state index contributed by atoms with van der Waals surface area (Å²) in [4.78, 5) is 11.6. The van der Waals surface area contributed by atoms with Gasteiger partial charge in [-0.25, -0.2) is 0 Å². The first-order chi connectivity index (χ1) is 6.99. The van der Waals surface area contributed by atoms with Crippen molar-refractivity contribution in [3.05, 3.63) is 33.3 Å². The summed E-state index contributed by atoms with van der Waals surface area (Å²) < 4.78 is 0.938. The maximum absolute atomic E-state index is 11.6. The Bertz CT molecular complexity index is 361. The largest absolute Gasteiger partial charge is 0.299 e. The van der Waals surface area contributed by atoms with Gasteiger partial charge in [0.1, 0.15) is 5.78 Å². The standard InChI is InChI=1S/C12H14BrClO/c1-8(2)5-11(15)6-9-3-4-10(13)7-12(9)14/h3-4,7-8H,5-6H2,1-2H3. The lowest BCUT2D eigenvalue weighted by Crippen LogP contribution is -2.06. The van der Waals surface area contributed by atoms with Gasteiger partial charge in [-0.15, -0.1) is 0 Å². The van der Waals surface area contributed by atoms with Crippen LogP contribution in [0.1, 0.15) is 25.8 Å².